The molecule has 1 aromatic carbocycles. The lowest BCUT2D eigenvalue weighted by Crippen LogP contribution is -2.43. The van der Waals surface area contributed by atoms with Crippen LogP contribution in [0.4, 0.5) is 14.9 Å². The van der Waals surface area contributed by atoms with Crippen LogP contribution in [0, 0.1) is 17.2 Å². The van der Waals surface area contributed by atoms with E-state index in [1.165, 1.54) is 12.3 Å². The molecule has 0 radical (unpaired) electrons. The first-order valence-electron chi connectivity index (χ1n) is 11.5. The summed E-state index contributed by atoms with van der Waals surface area (Å²) in [7, 11) is 0. The maximum Gasteiger partial charge on any atom is 0.321 e. The molecule has 2 aromatic heterocycles. The lowest BCUT2D eigenvalue weighted by molar-refractivity contribution is 0.128. The van der Waals surface area contributed by atoms with Crippen molar-refractivity contribution in [2.75, 3.05) is 25.0 Å². The predicted molar refractivity (Wildman–Crippen MR) is 127 cm³/mol. The fraction of sp³-hybridized carbons (Fsp3) is 0.458. The Balaban J connectivity index is 1.58. The van der Waals surface area contributed by atoms with Crippen LogP contribution in [0.25, 0.3) is 22.5 Å². The average molecular weight is 468 g/mol. The van der Waals surface area contributed by atoms with Crippen molar-refractivity contribution in [3.05, 3.63) is 36.3 Å². The standard InChI is InChI=1S/C24H30FN7O2/c1-5-34-20-7-6-15(14-26-20)21-18(22-28-30-31-29-22)12-17(13-19(21)25)27-23(33)32-10-8-16(9-11-32)24(2,3)4/h6-7,12-14,16H,5,8-11H2,1-4H3,(H,27,33)(H,28,29,30,31). The van der Waals surface area contributed by atoms with Gasteiger partial charge in [0.1, 0.15) is 5.82 Å². The first kappa shape index (κ1) is 23.6. The summed E-state index contributed by atoms with van der Waals surface area (Å²) in [5.41, 5.74) is 1.73. The molecule has 1 aliphatic rings. The highest BCUT2D eigenvalue weighted by Crippen LogP contribution is 2.36. The Hall–Kier alpha value is -3.56. The summed E-state index contributed by atoms with van der Waals surface area (Å²) in [5.74, 6) is 0.701. The molecule has 1 saturated heterocycles. The number of aromatic amines is 1. The van der Waals surface area contributed by atoms with Crippen molar-refractivity contribution in [3.8, 4) is 28.4 Å². The number of likely N-dealkylation sites (tertiary alicyclic amines) is 1. The van der Waals surface area contributed by atoms with E-state index in [0.29, 0.717) is 48.3 Å². The number of hydrogen-bond donors (Lipinski definition) is 2. The van der Waals surface area contributed by atoms with Crippen molar-refractivity contribution < 1.29 is 13.9 Å². The summed E-state index contributed by atoms with van der Waals surface area (Å²) in [6, 6.07) is 6.10. The van der Waals surface area contributed by atoms with Gasteiger partial charge in [0.2, 0.25) is 11.7 Å². The Bertz CT molecular complexity index is 1120. The molecule has 3 heterocycles. The monoisotopic (exact) mass is 467 g/mol. The third-order valence-electron chi connectivity index (χ3n) is 6.25. The van der Waals surface area contributed by atoms with Crippen LogP contribution in [-0.2, 0) is 0 Å². The molecule has 3 aromatic rings. The van der Waals surface area contributed by atoms with Crippen LogP contribution in [0.15, 0.2) is 30.5 Å². The molecule has 0 unspecified atom stereocenters. The predicted octanol–water partition coefficient (Wildman–Crippen LogP) is 4.76. The molecular formula is C24H30FN7O2. The van der Waals surface area contributed by atoms with Gasteiger partial charge in [-0.3, -0.25) is 0 Å². The maximum atomic E-state index is 15.4. The molecule has 2 amide bonds. The third kappa shape index (κ3) is 5.16. The van der Waals surface area contributed by atoms with Crippen molar-refractivity contribution in [1.29, 1.82) is 0 Å². The zero-order valence-corrected chi connectivity index (χ0v) is 19.9. The van der Waals surface area contributed by atoms with Crippen LogP contribution in [0.2, 0.25) is 0 Å². The van der Waals surface area contributed by atoms with E-state index in [1.807, 2.05) is 6.92 Å². The summed E-state index contributed by atoms with van der Waals surface area (Å²) in [6.07, 6.45) is 3.43. The van der Waals surface area contributed by atoms with Gasteiger partial charge in [0.15, 0.2) is 0 Å². The van der Waals surface area contributed by atoms with Crippen LogP contribution < -0.4 is 10.1 Å². The van der Waals surface area contributed by atoms with E-state index in [1.54, 1.807) is 23.1 Å². The van der Waals surface area contributed by atoms with Gasteiger partial charge >= 0.3 is 6.03 Å². The molecule has 34 heavy (non-hydrogen) atoms. The van der Waals surface area contributed by atoms with Crippen LogP contribution >= 0.6 is 0 Å². The van der Waals surface area contributed by atoms with Crippen LogP contribution in [0.3, 0.4) is 0 Å². The smallest absolute Gasteiger partial charge is 0.321 e. The molecule has 0 aliphatic carbocycles. The molecule has 4 rings (SSSR count). The molecule has 0 saturated carbocycles. The van der Waals surface area contributed by atoms with E-state index < -0.39 is 5.82 Å². The Morgan fingerprint density at radius 2 is 2.03 bits per heavy atom. The number of anilines is 1. The van der Waals surface area contributed by atoms with E-state index in [4.69, 9.17) is 4.74 Å². The number of nitrogens with one attached hydrogen (secondary N) is 2. The number of aromatic nitrogens is 5. The molecule has 180 valence electrons. The molecule has 0 atom stereocenters. The molecule has 0 spiro atoms. The van der Waals surface area contributed by atoms with Gasteiger partial charge in [-0.15, -0.1) is 10.2 Å². The van der Waals surface area contributed by atoms with E-state index in [9.17, 15) is 4.79 Å². The number of pyridine rings is 1. The fourth-order valence-electron chi connectivity index (χ4n) is 4.34. The molecule has 2 N–H and O–H groups in total. The zero-order valence-electron chi connectivity index (χ0n) is 19.9. The zero-order chi connectivity index (χ0) is 24.3. The van der Waals surface area contributed by atoms with E-state index in [2.05, 4.69) is 51.7 Å². The number of hydrogen-bond acceptors (Lipinski definition) is 6. The quantitative estimate of drug-likeness (QED) is 0.560. The van der Waals surface area contributed by atoms with Gasteiger partial charge < -0.3 is 15.0 Å². The number of ether oxygens (including phenoxy) is 1. The molecule has 1 fully saturated rings. The lowest BCUT2D eigenvalue weighted by Gasteiger charge is -2.38. The second kappa shape index (κ2) is 9.74. The molecule has 0 bridgehead atoms. The molecule has 10 heteroatoms. The van der Waals surface area contributed by atoms with Gasteiger partial charge in [0, 0.05) is 47.7 Å². The molecular weight excluding hydrogens is 437 g/mol. The highest BCUT2D eigenvalue weighted by molar-refractivity contribution is 5.92. The number of amides is 2. The second-order valence-corrected chi connectivity index (χ2v) is 9.49. The number of carbonyl (C=O) groups is 1. The number of H-pyrrole nitrogens is 1. The number of piperidine rings is 1. The number of halogens is 1. The Kier molecular flexibility index (Phi) is 6.76. The number of nitrogens with zero attached hydrogens (tertiary/aromatic N) is 5. The number of rotatable bonds is 5. The summed E-state index contributed by atoms with van der Waals surface area (Å²) in [5, 5.41) is 16.9. The van der Waals surface area contributed by atoms with E-state index >= 15 is 4.39 Å². The Morgan fingerprint density at radius 1 is 1.26 bits per heavy atom. The minimum Gasteiger partial charge on any atom is -0.478 e. The highest BCUT2D eigenvalue weighted by atomic mass is 19.1. The van der Waals surface area contributed by atoms with Crippen LogP contribution in [0.5, 0.6) is 5.88 Å². The van der Waals surface area contributed by atoms with Gasteiger partial charge in [-0.05, 0) is 54.5 Å². The summed E-state index contributed by atoms with van der Waals surface area (Å²) in [6.45, 7) is 10.4. The van der Waals surface area contributed by atoms with Crippen molar-refractivity contribution in [3.63, 3.8) is 0 Å². The molecule has 9 nitrogen and oxygen atoms in total. The van der Waals surface area contributed by atoms with Crippen LogP contribution in [-0.4, -0.2) is 56.2 Å². The summed E-state index contributed by atoms with van der Waals surface area (Å²) >= 11 is 0. The van der Waals surface area contributed by atoms with Crippen LogP contribution in [0.1, 0.15) is 40.5 Å². The summed E-state index contributed by atoms with van der Waals surface area (Å²) in [4.78, 5) is 18.9. The van der Waals surface area contributed by atoms with Gasteiger partial charge in [0.05, 0.1) is 6.61 Å². The van der Waals surface area contributed by atoms with Gasteiger partial charge in [-0.2, -0.15) is 5.21 Å². The highest BCUT2D eigenvalue weighted by Gasteiger charge is 2.30. The SMILES string of the molecule is CCOc1ccc(-c2c(F)cc(NC(=O)N3CCC(C(C)(C)C)CC3)cc2-c2nn[nH]n2)cn1. The first-order chi connectivity index (χ1) is 16.3. The minimum absolute atomic E-state index is 0.213. The minimum atomic E-state index is -0.532. The molecule has 1 aliphatic heterocycles. The topological polar surface area (TPSA) is 109 Å². The maximum absolute atomic E-state index is 15.4. The second-order valence-electron chi connectivity index (χ2n) is 9.49. The number of benzene rings is 1. The van der Waals surface area contributed by atoms with E-state index in [-0.39, 0.29) is 22.8 Å². The number of urea groups is 1. The van der Waals surface area contributed by atoms with Crippen molar-refractivity contribution in [2.45, 2.75) is 40.5 Å². The van der Waals surface area contributed by atoms with E-state index in [0.717, 1.165) is 12.8 Å². The Morgan fingerprint density at radius 3 is 2.62 bits per heavy atom. The number of carbonyl (C=O) groups excluding carboxylic acids is 1. The average Bonchev–Trinajstić information content (AvgIpc) is 3.34. The van der Waals surface area contributed by atoms with Gasteiger partial charge in [-0.25, -0.2) is 14.2 Å². The fourth-order valence-corrected chi connectivity index (χ4v) is 4.34. The lowest BCUT2D eigenvalue weighted by atomic mass is 9.75. The van der Waals surface area contributed by atoms with Crippen molar-refractivity contribution >= 4 is 11.7 Å². The number of tetrazole rings is 1. The van der Waals surface area contributed by atoms with Crippen molar-refractivity contribution in [1.82, 2.24) is 30.5 Å². The van der Waals surface area contributed by atoms with Gasteiger partial charge in [-0.1, -0.05) is 20.8 Å². The van der Waals surface area contributed by atoms with Gasteiger partial charge in [0.25, 0.3) is 0 Å². The Labute approximate surface area is 198 Å². The summed E-state index contributed by atoms with van der Waals surface area (Å²) < 4.78 is 20.8. The third-order valence-corrected chi connectivity index (χ3v) is 6.25. The normalized spacial score (nSPS) is 14.8. The van der Waals surface area contributed by atoms with Crippen molar-refractivity contribution in [2.24, 2.45) is 11.3 Å². The largest absolute Gasteiger partial charge is 0.478 e. The first-order valence-corrected chi connectivity index (χ1v) is 11.5.